The number of ether oxygens (including phenoxy) is 2. The maximum Gasteiger partial charge on any atom is 0.408 e. The molecule has 0 radical (unpaired) electrons. The number of hydrogen-bond donors (Lipinski definition) is 1. The Labute approximate surface area is 160 Å². The van der Waals surface area contributed by atoms with Gasteiger partial charge < -0.3 is 14.8 Å². The lowest BCUT2D eigenvalue weighted by molar-refractivity contribution is -0.146. The molecule has 0 saturated carbocycles. The number of thioether (sulfide) groups is 1. The molecular weight excluding hydrogens is 350 g/mol. The van der Waals surface area contributed by atoms with Crippen LogP contribution in [0.2, 0.25) is 0 Å². The molecule has 0 aliphatic carbocycles. The van der Waals surface area contributed by atoms with Crippen molar-refractivity contribution in [2.24, 2.45) is 5.92 Å². The molecule has 6 heteroatoms. The summed E-state index contributed by atoms with van der Waals surface area (Å²) in [5.41, 5.74) is 0.561. The smallest absolute Gasteiger partial charge is 0.408 e. The van der Waals surface area contributed by atoms with Crippen molar-refractivity contribution in [1.29, 1.82) is 0 Å². The molecule has 2 rings (SSSR count). The zero-order valence-electron chi connectivity index (χ0n) is 16.2. The van der Waals surface area contributed by atoms with Crippen molar-refractivity contribution in [3.05, 3.63) is 35.9 Å². The van der Waals surface area contributed by atoms with Crippen LogP contribution in [0.3, 0.4) is 0 Å². The first-order valence-corrected chi connectivity index (χ1v) is 9.89. The van der Waals surface area contributed by atoms with E-state index in [1.807, 2.05) is 51.1 Å². The Kier molecular flexibility index (Phi) is 6.61. The van der Waals surface area contributed by atoms with Gasteiger partial charge in [0, 0.05) is 6.42 Å². The molecule has 26 heavy (non-hydrogen) atoms. The Hall–Kier alpha value is -1.69. The second-order valence-electron chi connectivity index (χ2n) is 8.00. The fourth-order valence-corrected chi connectivity index (χ4v) is 4.11. The summed E-state index contributed by atoms with van der Waals surface area (Å²) in [6.45, 7) is 9.89. The summed E-state index contributed by atoms with van der Waals surface area (Å²) in [4.78, 5) is 24.7. The highest BCUT2D eigenvalue weighted by molar-refractivity contribution is 8.09. The van der Waals surface area contributed by atoms with Crippen molar-refractivity contribution >= 4 is 23.8 Å². The Balaban J connectivity index is 1.90. The van der Waals surface area contributed by atoms with Gasteiger partial charge in [0.15, 0.2) is 0 Å². The quantitative estimate of drug-likeness (QED) is 0.569. The van der Waals surface area contributed by atoms with Crippen LogP contribution in [0, 0.1) is 5.92 Å². The van der Waals surface area contributed by atoms with Crippen LogP contribution in [0.4, 0.5) is 4.79 Å². The first-order valence-electron chi connectivity index (χ1n) is 9.01. The Morgan fingerprint density at radius 2 is 1.88 bits per heavy atom. The third-order valence-electron chi connectivity index (χ3n) is 3.87. The lowest BCUT2D eigenvalue weighted by Crippen LogP contribution is -2.41. The Morgan fingerprint density at radius 3 is 2.46 bits per heavy atom. The third-order valence-corrected chi connectivity index (χ3v) is 5.36. The van der Waals surface area contributed by atoms with Gasteiger partial charge in [-0.3, -0.25) is 4.79 Å². The molecule has 0 aromatic heterocycles. The predicted molar refractivity (Wildman–Crippen MR) is 104 cm³/mol. The highest BCUT2D eigenvalue weighted by atomic mass is 32.2. The highest BCUT2D eigenvalue weighted by Gasteiger charge is 2.63. The number of carbonyl (C=O) groups excluding carboxylic acids is 2. The number of rotatable bonds is 7. The summed E-state index contributed by atoms with van der Waals surface area (Å²) in [6.07, 6.45) is 0.833. The molecule has 1 aromatic rings. The van der Waals surface area contributed by atoms with Crippen LogP contribution in [-0.4, -0.2) is 34.4 Å². The van der Waals surface area contributed by atoms with E-state index in [-0.39, 0.29) is 11.3 Å². The number of amides is 1. The van der Waals surface area contributed by atoms with E-state index in [9.17, 15) is 9.59 Å². The van der Waals surface area contributed by atoms with Crippen LogP contribution in [-0.2, 0) is 20.7 Å². The molecule has 1 heterocycles. The van der Waals surface area contributed by atoms with Crippen molar-refractivity contribution in [2.45, 2.75) is 63.2 Å². The van der Waals surface area contributed by atoms with Gasteiger partial charge in [-0.2, -0.15) is 0 Å². The summed E-state index contributed by atoms with van der Waals surface area (Å²) < 4.78 is 10.1. The van der Waals surface area contributed by atoms with Crippen molar-refractivity contribution < 1.29 is 19.1 Å². The maximum absolute atomic E-state index is 12.7. The van der Waals surface area contributed by atoms with Crippen molar-refractivity contribution in [3.63, 3.8) is 0 Å². The molecule has 1 saturated heterocycles. The number of carbonyl (C=O) groups is 2. The van der Waals surface area contributed by atoms with Gasteiger partial charge in [0.2, 0.25) is 0 Å². The van der Waals surface area contributed by atoms with Crippen LogP contribution in [0.5, 0.6) is 0 Å². The van der Waals surface area contributed by atoms with Gasteiger partial charge in [-0.1, -0.05) is 44.2 Å². The molecule has 1 aliphatic rings. The molecule has 1 amide bonds. The number of hydrogen-bond acceptors (Lipinski definition) is 5. The molecule has 1 fully saturated rings. The van der Waals surface area contributed by atoms with E-state index >= 15 is 0 Å². The van der Waals surface area contributed by atoms with Gasteiger partial charge >= 0.3 is 12.1 Å². The van der Waals surface area contributed by atoms with Crippen LogP contribution >= 0.6 is 11.8 Å². The Bertz CT molecular complexity index is 626. The molecular formula is C20H29NO4S. The zero-order valence-corrected chi connectivity index (χ0v) is 17.0. The van der Waals surface area contributed by atoms with Gasteiger partial charge in [0.05, 0.1) is 6.61 Å². The zero-order chi connectivity index (χ0) is 19.4. The normalized spacial score (nSPS) is 22.0. The minimum absolute atomic E-state index is 0.256. The van der Waals surface area contributed by atoms with Crippen LogP contribution in [0.25, 0.3) is 0 Å². The average molecular weight is 380 g/mol. The highest BCUT2D eigenvalue weighted by Crippen LogP contribution is 2.56. The predicted octanol–water partition coefficient (Wildman–Crippen LogP) is 4.15. The lowest BCUT2D eigenvalue weighted by Gasteiger charge is -2.21. The van der Waals surface area contributed by atoms with Gasteiger partial charge in [0.1, 0.15) is 15.7 Å². The SMILES string of the molecule is CC(C)C[C@@]1(C(=O)OCCc2ccccc2)SC1NC(=O)OC(C)(C)C. The molecule has 1 N–H and O–H groups in total. The summed E-state index contributed by atoms with van der Waals surface area (Å²) in [5.74, 6) is 0.0581. The fraction of sp³-hybridized carbons (Fsp3) is 0.600. The van der Waals surface area contributed by atoms with E-state index in [1.54, 1.807) is 0 Å². The summed E-state index contributed by atoms with van der Waals surface area (Å²) in [5, 5.41) is 2.49. The number of esters is 1. The third kappa shape index (κ3) is 5.94. The van der Waals surface area contributed by atoms with E-state index in [0.29, 0.717) is 25.4 Å². The van der Waals surface area contributed by atoms with Crippen LogP contribution in [0.1, 0.15) is 46.6 Å². The topological polar surface area (TPSA) is 64.6 Å². The molecule has 1 unspecified atom stereocenters. The molecule has 2 atom stereocenters. The first-order chi connectivity index (χ1) is 12.1. The molecule has 0 spiro atoms. The van der Waals surface area contributed by atoms with Crippen molar-refractivity contribution in [3.8, 4) is 0 Å². The van der Waals surface area contributed by atoms with E-state index in [1.165, 1.54) is 11.8 Å². The largest absolute Gasteiger partial charge is 0.464 e. The monoisotopic (exact) mass is 379 g/mol. The first kappa shape index (κ1) is 20.6. The standard InChI is InChI=1S/C20H29NO4S/c1-14(2)13-20(16(26-20)21-18(23)25-19(3,4)5)17(22)24-12-11-15-9-7-6-8-10-15/h6-10,14,16H,11-13H2,1-5H3,(H,21,23)/t16?,20-/m1/s1. The molecule has 0 bridgehead atoms. The van der Waals surface area contributed by atoms with Crippen molar-refractivity contribution in [2.75, 3.05) is 6.61 Å². The average Bonchev–Trinajstić information content (AvgIpc) is 3.18. The van der Waals surface area contributed by atoms with E-state index in [2.05, 4.69) is 19.2 Å². The molecule has 144 valence electrons. The van der Waals surface area contributed by atoms with Crippen molar-refractivity contribution in [1.82, 2.24) is 5.32 Å². The second-order valence-corrected chi connectivity index (χ2v) is 9.44. The molecule has 1 aliphatic heterocycles. The number of alkyl carbamates (subject to hydrolysis) is 1. The van der Waals surface area contributed by atoms with Gasteiger partial charge in [0.25, 0.3) is 0 Å². The van der Waals surface area contributed by atoms with Crippen LogP contribution in [0.15, 0.2) is 30.3 Å². The van der Waals surface area contributed by atoms with E-state index in [4.69, 9.17) is 9.47 Å². The molecule has 1 aromatic carbocycles. The summed E-state index contributed by atoms with van der Waals surface area (Å²) in [6, 6.07) is 9.91. The number of benzene rings is 1. The van der Waals surface area contributed by atoms with E-state index in [0.717, 1.165) is 5.56 Å². The maximum atomic E-state index is 12.7. The number of nitrogens with one attached hydrogen (secondary N) is 1. The van der Waals surface area contributed by atoms with Crippen LogP contribution < -0.4 is 5.32 Å². The van der Waals surface area contributed by atoms with Gasteiger partial charge in [-0.25, -0.2) is 4.79 Å². The fourth-order valence-electron chi connectivity index (χ4n) is 2.77. The minimum Gasteiger partial charge on any atom is -0.464 e. The molecule has 5 nitrogen and oxygen atoms in total. The minimum atomic E-state index is -0.707. The van der Waals surface area contributed by atoms with E-state index < -0.39 is 16.4 Å². The van der Waals surface area contributed by atoms with Gasteiger partial charge in [-0.15, -0.1) is 11.8 Å². The lowest BCUT2D eigenvalue weighted by atomic mass is 9.97. The second kappa shape index (κ2) is 8.33. The van der Waals surface area contributed by atoms with Gasteiger partial charge in [-0.05, 0) is 38.7 Å². The summed E-state index contributed by atoms with van der Waals surface area (Å²) in [7, 11) is 0. The summed E-state index contributed by atoms with van der Waals surface area (Å²) >= 11 is 1.43. The Morgan fingerprint density at radius 1 is 1.23 bits per heavy atom.